The third-order valence-electron chi connectivity index (χ3n) is 4.44. The van der Waals surface area contributed by atoms with Crippen LogP contribution >= 0.6 is 11.6 Å². The minimum absolute atomic E-state index is 0.107. The summed E-state index contributed by atoms with van der Waals surface area (Å²) in [5, 5.41) is 0.420. The van der Waals surface area contributed by atoms with Gasteiger partial charge in [0.1, 0.15) is 5.52 Å². The van der Waals surface area contributed by atoms with Crippen molar-refractivity contribution in [2.75, 3.05) is 18.6 Å². The van der Waals surface area contributed by atoms with Gasteiger partial charge in [-0.2, -0.15) is 0 Å². The second-order valence-corrected chi connectivity index (χ2v) is 6.49. The molecule has 2 heterocycles. The number of hydrogen-bond acceptors (Lipinski definition) is 5. The van der Waals surface area contributed by atoms with E-state index >= 15 is 0 Å². The zero-order valence-electron chi connectivity index (χ0n) is 13.9. The topological polar surface area (TPSA) is 72.6 Å². The lowest BCUT2D eigenvalue weighted by atomic mass is 10.1. The van der Waals surface area contributed by atoms with Gasteiger partial charge < -0.3 is 14.1 Å². The van der Waals surface area contributed by atoms with Crippen LogP contribution in [0.3, 0.4) is 0 Å². The van der Waals surface area contributed by atoms with Crippen molar-refractivity contribution in [3.8, 4) is 11.5 Å². The molecule has 0 N–H and O–H groups in total. The van der Waals surface area contributed by atoms with Crippen LogP contribution in [-0.4, -0.2) is 30.5 Å². The molecule has 132 valence electrons. The Balaban J connectivity index is 1.70. The van der Waals surface area contributed by atoms with Crippen molar-refractivity contribution in [2.45, 2.75) is 6.42 Å². The van der Waals surface area contributed by atoms with Crippen molar-refractivity contribution in [3.05, 3.63) is 47.5 Å². The number of benzene rings is 2. The van der Waals surface area contributed by atoms with Crippen LogP contribution in [0.1, 0.15) is 6.42 Å². The quantitative estimate of drug-likeness (QED) is 0.658. The van der Waals surface area contributed by atoms with Gasteiger partial charge in [0.25, 0.3) is 0 Å². The Morgan fingerprint density at radius 3 is 2.88 bits per heavy atom. The molecule has 0 unspecified atom stereocenters. The van der Waals surface area contributed by atoms with E-state index in [9.17, 15) is 9.59 Å². The molecule has 2 aromatic carbocycles. The van der Waals surface area contributed by atoms with Gasteiger partial charge in [-0.05, 0) is 30.3 Å². The highest BCUT2D eigenvalue weighted by atomic mass is 35.5. The number of rotatable bonds is 3. The number of carbonyl (C=O) groups excluding carboxylic acids is 2. The number of para-hydroxylation sites is 2. The normalized spacial score (nSPS) is 17.1. The highest BCUT2D eigenvalue weighted by Crippen LogP contribution is 2.35. The molecule has 0 spiro atoms. The van der Waals surface area contributed by atoms with E-state index in [1.54, 1.807) is 18.2 Å². The minimum Gasteiger partial charge on any atom is -0.469 e. The molecule has 0 aliphatic carbocycles. The summed E-state index contributed by atoms with van der Waals surface area (Å²) >= 11 is 6.31. The summed E-state index contributed by atoms with van der Waals surface area (Å²) in [5.74, 6) is -0.610. The maximum atomic E-state index is 12.4. The number of aromatic nitrogens is 1. The largest absolute Gasteiger partial charge is 0.469 e. The molecule has 1 atom stereocenters. The van der Waals surface area contributed by atoms with E-state index in [-0.39, 0.29) is 18.9 Å². The van der Waals surface area contributed by atoms with Crippen LogP contribution in [-0.2, 0) is 14.3 Å². The molecule has 1 aromatic heterocycles. The first kappa shape index (κ1) is 16.6. The second kappa shape index (κ2) is 6.46. The van der Waals surface area contributed by atoms with Gasteiger partial charge in [-0.25, -0.2) is 4.98 Å². The molecule has 1 saturated heterocycles. The van der Waals surface area contributed by atoms with Gasteiger partial charge in [-0.15, -0.1) is 0 Å². The summed E-state index contributed by atoms with van der Waals surface area (Å²) in [4.78, 5) is 30.1. The average molecular weight is 371 g/mol. The smallest absolute Gasteiger partial charge is 0.311 e. The lowest BCUT2D eigenvalue weighted by molar-refractivity contribution is -0.145. The van der Waals surface area contributed by atoms with Crippen LogP contribution in [0.5, 0.6) is 0 Å². The molecule has 7 heteroatoms. The fourth-order valence-corrected chi connectivity index (χ4v) is 3.33. The first-order valence-corrected chi connectivity index (χ1v) is 8.48. The third kappa shape index (κ3) is 2.82. The third-order valence-corrected chi connectivity index (χ3v) is 4.76. The molecule has 26 heavy (non-hydrogen) atoms. The number of amides is 1. The van der Waals surface area contributed by atoms with Gasteiger partial charge in [0.15, 0.2) is 5.58 Å². The Bertz CT molecular complexity index is 981. The van der Waals surface area contributed by atoms with Gasteiger partial charge >= 0.3 is 5.97 Å². The van der Waals surface area contributed by atoms with Crippen molar-refractivity contribution in [1.82, 2.24) is 4.98 Å². The molecule has 1 amide bonds. The Morgan fingerprint density at radius 1 is 1.31 bits per heavy atom. The number of esters is 1. The molecular weight excluding hydrogens is 356 g/mol. The van der Waals surface area contributed by atoms with E-state index in [1.165, 1.54) is 12.0 Å². The average Bonchev–Trinajstić information content (AvgIpc) is 3.25. The van der Waals surface area contributed by atoms with Crippen LogP contribution in [0.2, 0.25) is 5.02 Å². The number of hydrogen-bond donors (Lipinski definition) is 0. The van der Waals surface area contributed by atoms with Gasteiger partial charge in [0.05, 0.1) is 23.7 Å². The fourth-order valence-electron chi connectivity index (χ4n) is 3.11. The Labute approximate surface area is 154 Å². The zero-order chi connectivity index (χ0) is 18.3. The highest BCUT2D eigenvalue weighted by Gasteiger charge is 2.36. The van der Waals surface area contributed by atoms with Gasteiger partial charge in [-0.3, -0.25) is 9.59 Å². The maximum Gasteiger partial charge on any atom is 0.311 e. The molecule has 0 bridgehead atoms. The van der Waals surface area contributed by atoms with Crippen molar-refractivity contribution in [3.63, 3.8) is 0 Å². The SMILES string of the molecule is COC(=O)[C@@H]1CC(=O)N(c2cc(-c3nc4ccccc4o3)ccc2Cl)C1. The highest BCUT2D eigenvalue weighted by molar-refractivity contribution is 6.34. The number of halogens is 1. The monoisotopic (exact) mass is 370 g/mol. The van der Waals surface area contributed by atoms with E-state index in [1.807, 2.05) is 24.3 Å². The fraction of sp³-hybridized carbons (Fsp3) is 0.211. The molecule has 0 saturated carbocycles. The van der Waals surface area contributed by atoms with Crippen molar-refractivity contribution in [1.29, 1.82) is 0 Å². The standard InChI is InChI=1S/C19H15ClN2O4/c1-25-19(24)12-9-17(23)22(10-12)15-8-11(6-7-13(15)20)18-21-14-4-2-3-5-16(14)26-18/h2-8,12H,9-10H2,1H3/t12-/m1/s1. The molecule has 3 aromatic rings. The molecule has 1 fully saturated rings. The van der Waals surface area contributed by atoms with E-state index < -0.39 is 11.9 Å². The van der Waals surface area contributed by atoms with E-state index in [2.05, 4.69) is 4.98 Å². The molecule has 0 radical (unpaired) electrons. The van der Waals surface area contributed by atoms with E-state index in [4.69, 9.17) is 20.8 Å². The zero-order valence-corrected chi connectivity index (χ0v) is 14.7. The number of carbonyl (C=O) groups is 2. The van der Waals surface area contributed by atoms with Gasteiger partial charge in [0.2, 0.25) is 11.8 Å². The lowest BCUT2D eigenvalue weighted by Crippen LogP contribution is -2.26. The first-order valence-electron chi connectivity index (χ1n) is 8.10. The number of fused-ring (bicyclic) bond motifs is 1. The summed E-state index contributed by atoms with van der Waals surface area (Å²) in [7, 11) is 1.32. The first-order chi connectivity index (χ1) is 12.6. The molecule has 6 nitrogen and oxygen atoms in total. The Kier molecular flexibility index (Phi) is 4.12. The van der Waals surface area contributed by atoms with Gasteiger partial charge in [-0.1, -0.05) is 23.7 Å². The molecule has 1 aliphatic heterocycles. The summed E-state index contributed by atoms with van der Waals surface area (Å²) in [6.45, 7) is 0.238. The predicted molar refractivity (Wildman–Crippen MR) is 96.9 cm³/mol. The summed E-state index contributed by atoms with van der Waals surface area (Å²) in [6, 6.07) is 12.7. The number of oxazole rings is 1. The number of methoxy groups -OCH3 is 1. The minimum atomic E-state index is -0.489. The van der Waals surface area contributed by atoms with Crippen LogP contribution in [0.4, 0.5) is 5.69 Å². The van der Waals surface area contributed by atoms with Crippen molar-refractivity contribution >= 4 is 40.3 Å². The van der Waals surface area contributed by atoms with Crippen LogP contribution in [0, 0.1) is 5.92 Å². The number of nitrogens with zero attached hydrogens (tertiary/aromatic N) is 2. The second-order valence-electron chi connectivity index (χ2n) is 6.08. The number of anilines is 1. The van der Waals surface area contributed by atoms with Crippen molar-refractivity contribution < 1.29 is 18.7 Å². The maximum absolute atomic E-state index is 12.4. The number of ether oxygens (including phenoxy) is 1. The summed E-state index contributed by atoms with van der Waals surface area (Å²) < 4.78 is 10.5. The Morgan fingerprint density at radius 2 is 2.12 bits per heavy atom. The predicted octanol–water partition coefficient (Wildman–Crippen LogP) is 3.67. The Hall–Kier alpha value is -2.86. The van der Waals surface area contributed by atoms with Crippen LogP contribution in [0.25, 0.3) is 22.6 Å². The van der Waals surface area contributed by atoms with Crippen LogP contribution in [0.15, 0.2) is 46.9 Å². The summed E-state index contributed by atoms with van der Waals surface area (Å²) in [5.41, 5.74) is 2.67. The van der Waals surface area contributed by atoms with Crippen molar-refractivity contribution in [2.24, 2.45) is 5.92 Å². The van der Waals surface area contributed by atoms with Crippen LogP contribution < -0.4 is 4.90 Å². The van der Waals surface area contributed by atoms with Gasteiger partial charge in [0, 0.05) is 18.5 Å². The lowest BCUT2D eigenvalue weighted by Gasteiger charge is -2.18. The van der Waals surface area contributed by atoms with E-state index in [0.717, 1.165) is 5.52 Å². The van der Waals surface area contributed by atoms with E-state index in [0.29, 0.717) is 27.7 Å². The molecule has 4 rings (SSSR count). The molecule has 1 aliphatic rings. The summed E-state index contributed by atoms with van der Waals surface area (Å²) in [6.07, 6.45) is 0.107. The molecular formula is C19H15ClN2O4.